The third kappa shape index (κ3) is 15.3. The van der Waals surface area contributed by atoms with Crippen LogP contribution in [0.25, 0.3) is 0 Å². The van der Waals surface area contributed by atoms with Gasteiger partial charge in [-0.05, 0) is 13.8 Å². The molecule has 0 heterocycles. The standard InChI is InChI=1S/C16H28O7/c1-5-15(17)22-11-9-19-13-16(20-6-2)23-12-8-18-7-10-21-14(3)4/h5-6,14,16H,1-2,7-13H2,3-4H3. The lowest BCUT2D eigenvalue weighted by molar-refractivity contribution is -0.156. The molecule has 134 valence electrons. The molecule has 0 radical (unpaired) electrons. The minimum Gasteiger partial charge on any atom is -0.471 e. The Morgan fingerprint density at radius 2 is 1.61 bits per heavy atom. The number of rotatable bonds is 16. The van der Waals surface area contributed by atoms with Gasteiger partial charge in [0.1, 0.15) is 13.2 Å². The van der Waals surface area contributed by atoms with E-state index in [0.717, 1.165) is 6.08 Å². The van der Waals surface area contributed by atoms with Crippen molar-refractivity contribution < 1.29 is 33.2 Å². The van der Waals surface area contributed by atoms with Crippen LogP contribution in [0, 0.1) is 0 Å². The van der Waals surface area contributed by atoms with Gasteiger partial charge in [-0.2, -0.15) is 0 Å². The lowest BCUT2D eigenvalue weighted by Crippen LogP contribution is -2.25. The minimum atomic E-state index is -0.585. The summed E-state index contributed by atoms with van der Waals surface area (Å²) in [6.07, 6.45) is 1.99. The summed E-state index contributed by atoms with van der Waals surface area (Å²) in [4.78, 5) is 10.8. The zero-order valence-corrected chi connectivity index (χ0v) is 14.0. The topological polar surface area (TPSA) is 72.5 Å². The van der Waals surface area contributed by atoms with E-state index >= 15 is 0 Å². The third-order valence-corrected chi connectivity index (χ3v) is 2.35. The molecule has 23 heavy (non-hydrogen) atoms. The van der Waals surface area contributed by atoms with Crippen molar-refractivity contribution in [3.05, 3.63) is 25.5 Å². The van der Waals surface area contributed by atoms with Gasteiger partial charge in [0.05, 0.1) is 45.4 Å². The summed E-state index contributed by atoms with van der Waals surface area (Å²) in [5, 5.41) is 0. The van der Waals surface area contributed by atoms with Crippen LogP contribution in [-0.4, -0.2) is 64.6 Å². The van der Waals surface area contributed by atoms with Crippen LogP contribution in [0.15, 0.2) is 25.5 Å². The molecule has 0 amide bonds. The predicted molar refractivity (Wildman–Crippen MR) is 84.9 cm³/mol. The predicted octanol–water partition coefficient (Wildman–Crippen LogP) is 1.68. The van der Waals surface area contributed by atoms with E-state index in [-0.39, 0.29) is 25.9 Å². The molecule has 0 aromatic heterocycles. The quantitative estimate of drug-likeness (QED) is 0.140. The molecule has 0 aliphatic heterocycles. The third-order valence-electron chi connectivity index (χ3n) is 2.35. The van der Waals surface area contributed by atoms with Gasteiger partial charge in [0, 0.05) is 6.08 Å². The van der Waals surface area contributed by atoms with Crippen molar-refractivity contribution in [1.82, 2.24) is 0 Å². The molecule has 0 aliphatic rings. The fourth-order valence-electron chi connectivity index (χ4n) is 1.36. The van der Waals surface area contributed by atoms with Gasteiger partial charge >= 0.3 is 5.97 Å². The van der Waals surface area contributed by atoms with Crippen LogP contribution in [0.4, 0.5) is 0 Å². The van der Waals surface area contributed by atoms with Crippen molar-refractivity contribution in [3.8, 4) is 0 Å². The summed E-state index contributed by atoms with van der Waals surface area (Å²) in [5.41, 5.74) is 0. The van der Waals surface area contributed by atoms with E-state index in [1.807, 2.05) is 13.8 Å². The number of esters is 1. The molecule has 0 fully saturated rings. The summed E-state index contributed by atoms with van der Waals surface area (Å²) in [7, 11) is 0. The first-order valence-electron chi connectivity index (χ1n) is 7.54. The lowest BCUT2D eigenvalue weighted by atomic mass is 10.5. The zero-order valence-electron chi connectivity index (χ0n) is 14.0. The second-order valence-electron chi connectivity index (χ2n) is 4.58. The van der Waals surface area contributed by atoms with Crippen molar-refractivity contribution in [2.75, 3.05) is 46.2 Å². The highest BCUT2D eigenvalue weighted by Crippen LogP contribution is 1.98. The molecule has 7 nitrogen and oxygen atoms in total. The molecule has 0 aromatic carbocycles. The largest absolute Gasteiger partial charge is 0.471 e. The van der Waals surface area contributed by atoms with Gasteiger partial charge in [-0.25, -0.2) is 4.79 Å². The van der Waals surface area contributed by atoms with Gasteiger partial charge in [0.15, 0.2) is 0 Å². The van der Waals surface area contributed by atoms with E-state index in [9.17, 15) is 4.79 Å². The van der Waals surface area contributed by atoms with Crippen molar-refractivity contribution in [1.29, 1.82) is 0 Å². The number of carbonyl (C=O) groups is 1. The second-order valence-corrected chi connectivity index (χ2v) is 4.58. The SMILES string of the molecule is C=COC(COCCOC(=O)C=C)OCCOCCOC(C)C. The van der Waals surface area contributed by atoms with Gasteiger partial charge in [-0.3, -0.25) is 0 Å². The second kappa shape index (κ2) is 15.5. The average Bonchev–Trinajstić information content (AvgIpc) is 2.52. The van der Waals surface area contributed by atoms with Crippen LogP contribution >= 0.6 is 0 Å². The number of ether oxygens (including phenoxy) is 6. The maximum Gasteiger partial charge on any atom is 0.330 e. The molecule has 0 aliphatic carbocycles. The van der Waals surface area contributed by atoms with Crippen LogP contribution in [0.1, 0.15) is 13.8 Å². The smallest absolute Gasteiger partial charge is 0.330 e. The van der Waals surface area contributed by atoms with Crippen molar-refractivity contribution in [3.63, 3.8) is 0 Å². The first kappa shape index (κ1) is 21.6. The van der Waals surface area contributed by atoms with E-state index < -0.39 is 12.3 Å². The maximum absolute atomic E-state index is 10.8. The summed E-state index contributed by atoms with van der Waals surface area (Å²) in [6, 6.07) is 0. The first-order valence-corrected chi connectivity index (χ1v) is 7.54. The molecule has 0 saturated carbocycles. The fraction of sp³-hybridized carbons (Fsp3) is 0.688. The molecule has 0 rings (SSSR count). The Morgan fingerprint density at radius 3 is 2.22 bits per heavy atom. The van der Waals surface area contributed by atoms with Crippen LogP contribution in [0.3, 0.4) is 0 Å². The Balaban J connectivity index is 3.59. The van der Waals surface area contributed by atoms with E-state index in [2.05, 4.69) is 13.2 Å². The van der Waals surface area contributed by atoms with Crippen LogP contribution in [-0.2, 0) is 33.2 Å². The Hall–Kier alpha value is -1.41. The van der Waals surface area contributed by atoms with Gasteiger partial charge in [-0.1, -0.05) is 13.2 Å². The normalized spacial score (nSPS) is 12.0. The van der Waals surface area contributed by atoms with Crippen molar-refractivity contribution >= 4 is 5.97 Å². The van der Waals surface area contributed by atoms with E-state index in [0.29, 0.717) is 26.4 Å². The van der Waals surface area contributed by atoms with Gasteiger partial charge in [0.25, 0.3) is 0 Å². The molecule has 0 N–H and O–H groups in total. The molecule has 7 heteroatoms. The Labute approximate surface area is 138 Å². The van der Waals surface area contributed by atoms with Crippen LogP contribution in [0.2, 0.25) is 0 Å². The van der Waals surface area contributed by atoms with E-state index in [1.165, 1.54) is 6.26 Å². The van der Waals surface area contributed by atoms with Gasteiger partial charge < -0.3 is 28.4 Å². The van der Waals surface area contributed by atoms with Gasteiger partial charge in [0.2, 0.25) is 6.29 Å². The first-order chi connectivity index (χ1) is 11.1. The molecule has 1 atom stereocenters. The summed E-state index contributed by atoms with van der Waals surface area (Å²) in [5.74, 6) is -0.484. The molecule has 0 saturated heterocycles. The van der Waals surface area contributed by atoms with Crippen LogP contribution in [0.5, 0.6) is 0 Å². The van der Waals surface area contributed by atoms with E-state index in [1.54, 1.807) is 0 Å². The Kier molecular flexibility index (Phi) is 14.5. The number of carbonyl (C=O) groups excluding carboxylic acids is 1. The minimum absolute atomic E-state index is 0.143. The summed E-state index contributed by atoms with van der Waals surface area (Å²) < 4.78 is 31.4. The van der Waals surface area contributed by atoms with Crippen molar-refractivity contribution in [2.24, 2.45) is 0 Å². The molecular weight excluding hydrogens is 304 g/mol. The molecule has 0 bridgehead atoms. The Morgan fingerprint density at radius 1 is 0.957 bits per heavy atom. The fourth-order valence-corrected chi connectivity index (χ4v) is 1.36. The van der Waals surface area contributed by atoms with Crippen LogP contribution < -0.4 is 0 Å². The zero-order chi connectivity index (χ0) is 17.3. The summed E-state index contributed by atoms with van der Waals surface area (Å²) >= 11 is 0. The summed E-state index contributed by atoms with van der Waals surface area (Å²) in [6.45, 7) is 13.1. The molecular formula is C16H28O7. The lowest BCUT2D eigenvalue weighted by Gasteiger charge is -2.17. The highest BCUT2D eigenvalue weighted by Gasteiger charge is 2.09. The monoisotopic (exact) mass is 332 g/mol. The highest BCUT2D eigenvalue weighted by atomic mass is 16.7. The van der Waals surface area contributed by atoms with E-state index in [4.69, 9.17) is 28.4 Å². The maximum atomic E-state index is 10.8. The Bertz CT molecular complexity index is 318. The van der Waals surface area contributed by atoms with Crippen molar-refractivity contribution in [2.45, 2.75) is 26.2 Å². The van der Waals surface area contributed by atoms with Gasteiger partial charge in [-0.15, -0.1) is 0 Å². The average molecular weight is 332 g/mol. The number of hydrogen-bond donors (Lipinski definition) is 0. The molecule has 1 unspecified atom stereocenters. The highest BCUT2D eigenvalue weighted by molar-refractivity contribution is 5.81. The molecule has 0 spiro atoms. The molecule has 0 aromatic rings. The number of hydrogen-bond acceptors (Lipinski definition) is 7.